The van der Waals surface area contributed by atoms with E-state index in [-0.39, 0.29) is 11.5 Å². The minimum absolute atomic E-state index is 0.0762. The summed E-state index contributed by atoms with van der Waals surface area (Å²) < 4.78 is 7.83. The number of ether oxygens (including phenoxy) is 1. The summed E-state index contributed by atoms with van der Waals surface area (Å²) in [6.07, 6.45) is 5.18. The van der Waals surface area contributed by atoms with Crippen molar-refractivity contribution >= 4 is 36.3 Å². The number of hydrogen-bond donors (Lipinski definition) is 1. The molecule has 0 aromatic carbocycles. The Morgan fingerprint density at radius 2 is 2.11 bits per heavy atom. The van der Waals surface area contributed by atoms with Gasteiger partial charge in [0.05, 0.1) is 16.8 Å². The van der Waals surface area contributed by atoms with Crippen molar-refractivity contribution in [3.8, 4) is 0 Å². The van der Waals surface area contributed by atoms with Crippen molar-refractivity contribution in [1.82, 2.24) is 14.5 Å². The summed E-state index contributed by atoms with van der Waals surface area (Å²) in [6, 6.07) is 6.00. The Morgan fingerprint density at radius 1 is 1.32 bits per heavy atom. The van der Waals surface area contributed by atoms with E-state index in [2.05, 4.69) is 34.9 Å². The third-order valence-electron chi connectivity index (χ3n) is 4.39. The maximum Gasteiger partial charge on any atom is 0.311 e. The quantitative estimate of drug-likeness (QED) is 0.255. The zero-order valence-electron chi connectivity index (χ0n) is 16.6. The normalized spacial score (nSPS) is 11.7. The van der Waals surface area contributed by atoms with Gasteiger partial charge in [-0.3, -0.25) is 10.1 Å². The van der Waals surface area contributed by atoms with Gasteiger partial charge in [0, 0.05) is 38.5 Å². The molecule has 0 amide bonds. The lowest BCUT2D eigenvalue weighted by Gasteiger charge is -2.15. The van der Waals surface area contributed by atoms with Crippen LogP contribution in [0.25, 0.3) is 11.0 Å². The Labute approximate surface area is 164 Å². The standard InChI is InChI=1S/C19H25N5O3Si/c1-14-12-23(13-27-8-9-28(2,3)4)19-16(14)10-15(11-21-19)22-18-17(24(25)26)6-5-7-20-18/h5-7,10-12H,8-9,13H2,1-4H3,(H,20,22). The zero-order chi connectivity index (χ0) is 20.3. The van der Waals surface area contributed by atoms with Crippen LogP contribution in [0.1, 0.15) is 5.56 Å². The lowest BCUT2D eigenvalue weighted by molar-refractivity contribution is -0.384. The second kappa shape index (κ2) is 8.07. The van der Waals surface area contributed by atoms with Gasteiger partial charge in [0.15, 0.2) is 0 Å². The fourth-order valence-electron chi connectivity index (χ4n) is 2.83. The molecule has 0 atom stereocenters. The Morgan fingerprint density at radius 3 is 2.82 bits per heavy atom. The third kappa shape index (κ3) is 4.73. The number of fused-ring (bicyclic) bond motifs is 1. The van der Waals surface area contributed by atoms with Gasteiger partial charge in [-0.1, -0.05) is 19.6 Å². The number of nitrogens with one attached hydrogen (secondary N) is 1. The molecule has 3 aromatic heterocycles. The molecule has 0 aliphatic rings. The Kier molecular flexibility index (Phi) is 5.75. The first kappa shape index (κ1) is 20.0. The van der Waals surface area contributed by atoms with Gasteiger partial charge in [0.2, 0.25) is 5.82 Å². The van der Waals surface area contributed by atoms with Crippen molar-refractivity contribution in [3.05, 3.63) is 52.5 Å². The molecule has 3 rings (SSSR count). The molecule has 0 spiro atoms. The molecule has 0 radical (unpaired) electrons. The zero-order valence-corrected chi connectivity index (χ0v) is 17.6. The number of anilines is 2. The van der Waals surface area contributed by atoms with E-state index < -0.39 is 13.0 Å². The van der Waals surface area contributed by atoms with E-state index in [1.807, 2.05) is 23.8 Å². The van der Waals surface area contributed by atoms with Crippen LogP contribution in [0.5, 0.6) is 0 Å². The summed E-state index contributed by atoms with van der Waals surface area (Å²) in [5.74, 6) is 0.195. The number of aryl methyl sites for hydroxylation is 1. The fraction of sp³-hybridized carbons (Fsp3) is 0.368. The molecule has 9 heteroatoms. The SMILES string of the molecule is Cc1cn(COCC[Si](C)(C)C)c2ncc(Nc3ncccc3[N+](=O)[O-])cc12. The van der Waals surface area contributed by atoms with Crippen LogP contribution in [-0.4, -0.2) is 34.1 Å². The Bertz CT molecular complexity index is 997. The monoisotopic (exact) mass is 399 g/mol. The highest BCUT2D eigenvalue weighted by atomic mass is 28.3. The van der Waals surface area contributed by atoms with Crippen molar-refractivity contribution < 1.29 is 9.66 Å². The molecule has 148 valence electrons. The van der Waals surface area contributed by atoms with Gasteiger partial charge >= 0.3 is 5.69 Å². The molecule has 0 saturated heterocycles. The second-order valence-corrected chi connectivity index (χ2v) is 13.6. The van der Waals surface area contributed by atoms with Gasteiger partial charge in [-0.25, -0.2) is 9.97 Å². The molecule has 0 bridgehead atoms. The van der Waals surface area contributed by atoms with E-state index in [4.69, 9.17) is 4.74 Å². The van der Waals surface area contributed by atoms with Crippen molar-refractivity contribution in [1.29, 1.82) is 0 Å². The van der Waals surface area contributed by atoms with Crippen molar-refractivity contribution in [2.24, 2.45) is 0 Å². The first-order chi connectivity index (χ1) is 13.2. The van der Waals surface area contributed by atoms with E-state index in [1.165, 1.54) is 18.3 Å². The summed E-state index contributed by atoms with van der Waals surface area (Å²) in [5.41, 5.74) is 2.46. The van der Waals surface area contributed by atoms with Gasteiger partial charge < -0.3 is 14.6 Å². The van der Waals surface area contributed by atoms with Crippen LogP contribution in [0.2, 0.25) is 25.7 Å². The minimum Gasteiger partial charge on any atom is -0.361 e. The highest BCUT2D eigenvalue weighted by Crippen LogP contribution is 2.27. The summed E-state index contributed by atoms with van der Waals surface area (Å²) in [5, 5.41) is 15.1. The largest absolute Gasteiger partial charge is 0.361 e. The summed E-state index contributed by atoms with van der Waals surface area (Å²) >= 11 is 0. The number of nitro groups is 1. The second-order valence-electron chi connectivity index (χ2n) is 7.98. The molecule has 3 aromatic rings. The van der Waals surface area contributed by atoms with Gasteiger partial charge in [-0.05, 0) is 30.7 Å². The third-order valence-corrected chi connectivity index (χ3v) is 6.09. The maximum absolute atomic E-state index is 11.2. The molecule has 28 heavy (non-hydrogen) atoms. The lowest BCUT2D eigenvalue weighted by Crippen LogP contribution is -2.22. The number of hydrogen-bond acceptors (Lipinski definition) is 6. The molecule has 0 fully saturated rings. The average Bonchev–Trinajstić information content (AvgIpc) is 2.94. The number of rotatable bonds is 8. The van der Waals surface area contributed by atoms with Crippen LogP contribution in [-0.2, 0) is 11.5 Å². The van der Waals surface area contributed by atoms with Gasteiger partial charge in [-0.15, -0.1) is 0 Å². The summed E-state index contributed by atoms with van der Waals surface area (Å²) in [7, 11) is -1.11. The van der Waals surface area contributed by atoms with E-state index in [0.29, 0.717) is 12.4 Å². The average molecular weight is 400 g/mol. The molecule has 1 N–H and O–H groups in total. The molecule has 3 heterocycles. The van der Waals surface area contributed by atoms with Gasteiger partial charge in [-0.2, -0.15) is 0 Å². The predicted molar refractivity (Wildman–Crippen MR) is 113 cm³/mol. The highest BCUT2D eigenvalue weighted by molar-refractivity contribution is 6.76. The highest BCUT2D eigenvalue weighted by Gasteiger charge is 2.16. The maximum atomic E-state index is 11.2. The first-order valence-corrected chi connectivity index (χ1v) is 12.8. The summed E-state index contributed by atoms with van der Waals surface area (Å²) in [6.45, 7) is 10.2. The summed E-state index contributed by atoms with van der Waals surface area (Å²) in [4.78, 5) is 19.3. The van der Waals surface area contributed by atoms with Crippen LogP contribution < -0.4 is 5.32 Å². The predicted octanol–water partition coefficient (Wildman–Crippen LogP) is 4.70. The van der Waals surface area contributed by atoms with Crippen molar-refractivity contribution in [2.45, 2.75) is 39.3 Å². The molecular weight excluding hydrogens is 374 g/mol. The molecule has 0 unspecified atom stereocenters. The van der Waals surface area contributed by atoms with Crippen molar-refractivity contribution in [3.63, 3.8) is 0 Å². The van der Waals surface area contributed by atoms with Crippen molar-refractivity contribution in [2.75, 3.05) is 11.9 Å². The van der Waals surface area contributed by atoms with Crippen LogP contribution in [0.15, 0.2) is 36.8 Å². The van der Waals surface area contributed by atoms with E-state index in [1.54, 1.807) is 6.20 Å². The van der Waals surface area contributed by atoms with Gasteiger partial charge in [0.1, 0.15) is 12.4 Å². The fourth-order valence-corrected chi connectivity index (χ4v) is 3.58. The molecule has 0 aliphatic heterocycles. The number of nitrogens with zero attached hydrogens (tertiary/aromatic N) is 4. The van der Waals surface area contributed by atoms with Crippen LogP contribution >= 0.6 is 0 Å². The number of aromatic nitrogens is 3. The Hall–Kier alpha value is -2.78. The first-order valence-electron chi connectivity index (χ1n) is 9.14. The smallest absolute Gasteiger partial charge is 0.311 e. The lowest BCUT2D eigenvalue weighted by atomic mass is 10.2. The molecule has 0 aliphatic carbocycles. The molecular formula is C19H25N5O3Si. The van der Waals surface area contributed by atoms with E-state index >= 15 is 0 Å². The van der Waals surface area contributed by atoms with E-state index in [9.17, 15) is 10.1 Å². The van der Waals surface area contributed by atoms with Crippen LogP contribution in [0, 0.1) is 17.0 Å². The van der Waals surface area contributed by atoms with E-state index in [0.717, 1.165) is 29.2 Å². The van der Waals surface area contributed by atoms with Crippen LogP contribution in [0.3, 0.4) is 0 Å². The molecule has 8 nitrogen and oxygen atoms in total. The van der Waals surface area contributed by atoms with Gasteiger partial charge in [0.25, 0.3) is 0 Å². The molecule has 0 saturated carbocycles. The van der Waals surface area contributed by atoms with Crippen LogP contribution in [0.4, 0.5) is 17.2 Å². The minimum atomic E-state index is -1.11. The topological polar surface area (TPSA) is 95.1 Å². The number of pyridine rings is 2. The Balaban J connectivity index is 1.78.